The minimum absolute atomic E-state index is 0.109. The number of aromatic nitrogens is 2. The van der Waals surface area contributed by atoms with Crippen molar-refractivity contribution in [3.05, 3.63) is 134 Å². The molecule has 12 nitrogen and oxygen atoms in total. The van der Waals surface area contributed by atoms with E-state index in [1.54, 1.807) is 14.0 Å². The van der Waals surface area contributed by atoms with E-state index in [2.05, 4.69) is 63.1 Å². The van der Waals surface area contributed by atoms with Gasteiger partial charge in [-0.15, -0.1) is 0 Å². The average Bonchev–Trinajstić information content (AvgIpc) is 3.78. The van der Waals surface area contributed by atoms with Crippen LogP contribution in [0, 0.1) is 6.92 Å². The first-order valence-electron chi connectivity index (χ1n) is 18.4. The first-order chi connectivity index (χ1) is 26.2. The number of rotatable bonds is 13. The number of carbonyl (C=O) groups excluding carboxylic acids is 1. The topological polar surface area (TPSA) is 137 Å². The van der Waals surface area contributed by atoms with Gasteiger partial charge in [0.05, 0.1) is 26.4 Å². The average molecular weight is 791 g/mol. The van der Waals surface area contributed by atoms with E-state index in [0.717, 1.165) is 22.4 Å². The molecule has 0 spiro atoms. The van der Waals surface area contributed by atoms with Crippen LogP contribution in [0.3, 0.4) is 0 Å². The number of aryl methyl sites for hydroxylation is 1. The Morgan fingerprint density at radius 2 is 1.49 bits per heavy atom. The van der Waals surface area contributed by atoms with Gasteiger partial charge in [-0.25, -0.2) is 9.59 Å². The third-order valence-corrected chi connectivity index (χ3v) is 16.4. The summed E-state index contributed by atoms with van der Waals surface area (Å²) in [5.74, 6) is 0.734. The molecule has 1 aromatic heterocycles. The van der Waals surface area contributed by atoms with Gasteiger partial charge in [-0.05, 0) is 53.9 Å². The van der Waals surface area contributed by atoms with Gasteiger partial charge in [0, 0.05) is 30.2 Å². The fourth-order valence-electron chi connectivity index (χ4n) is 6.47. The van der Waals surface area contributed by atoms with Gasteiger partial charge in [0.15, 0.2) is 14.4 Å². The molecule has 0 amide bonds. The first kappa shape index (κ1) is 40.5. The Morgan fingerprint density at radius 1 is 0.891 bits per heavy atom. The monoisotopic (exact) mass is 790 g/mol. The summed E-state index contributed by atoms with van der Waals surface area (Å²) in [6, 6.07) is 28.1. The summed E-state index contributed by atoms with van der Waals surface area (Å²) in [5.41, 5.74) is 2.28. The molecule has 3 heterocycles. The standard InChI is InChI=1S/C41H50N2O10SSi/c1-27-23-43(38(45)42-37(27)44)36-22-32(53-55(6,7)40(2,3)4)34(50-36)26-49-39(46)51-33-24-48-25-35(33)52-54-41(28-14-10-8-11-15-28,29-16-12-9-13-17-29)30-18-20-31(47-5)21-19-30/h8-21,23,32-36H,22,24-26H2,1-7H3,(H,42,44,45)/t32-,33+,34+,35-,36+/m0/s1. The van der Waals surface area contributed by atoms with E-state index < -0.39 is 61.1 Å². The number of aromatic amines is 1. The minimum Gasteiger partial charge on any atom is -0.497 e. The zero-order chi connectivity index (χ0) is 39.4. The van der Waals surface area contributed by atoms with Crippen LogP contribution in [-0.4, -0.2) is 75.4 Å². The Hall–Kier alpha value is -4.18. The van der Waals surface area contributed by atoms with Crippen molar-refractivity contribution in [2.45, 2.75) is 87.6 Å². The normalized spacial score (nSPS) is 21.7. The number of ether oxygens (including phenoxy) is 5. The lowest BCUT2D eigenvalue weighted by atomic mass is 9.84. The van der Waals surface area contributed by atoms with Gasteiger partial charge in [-0.1, -0.05) is 93.6 Å². The zero-order valence-electron chi connectivity index (χ0n) is 32.3. The molecule has 55 heavy (non-hydrogen) atoms. The van der Waals surface area contributed by atoms with Crippen LogP contribution >= 0.6 is 12.0 Å². The molecule has 0 bridgehead atoms. The molecule has 2 aliphatic heterocycles. The van der Waals surface area contributed by atoms with Crippen LogP contribution in [0.25, 0.3) is 0 Å². The van der Waals surface area contributed by atoms with Gasteiger partial charge in [0.25, 0.3) is 5.56 Å². The van der Waals surface area contributed by atoms with Crippen molar-refractivity contribution in [1.29, 1.82) is 0 Å². The van der Waals surface area contributed by atoms with E-state index in [1.165, 1.54) is 22.8 Å². The Bertz CT molecular complexity index is 1980. The van der Waals surface area contributed by atoms with Crippen LogP contribution in [0.15, 0.2) is 101 Å². The maximum atomic E-state index is 13.3. The zero-order valence-corrected chi connectivity index (χ0v) is 34.1. The van der Waals surface area contributed by atoms with Crippen LogP contribution in [0.4, 0.5) is 4.79 Å². The van der Waals surface area contributed by atoms with Gasteiger partial charge >= 0.3 is 11.8 Å². The van der Waals surface area contributed by atoms with Crippen molar-refractivity contribution in [3.8, 4) is 5.75 Å². The molecule has 294 valence electrons. The summed E-state index contributed by atoms with van der Waals surface area (Å²) >= 11 is 1.28. The number of carbonyl (C=O) groups is 1. The van der Waals surface area contributed by atoms with Crippen molar-refractivity contribution in [1.82, 2.24) is 9.55 Å². The number of nitrogens with one attached hydrogen (secondary N) is 1. The highest BCUT2D eigenvalue weighted by Crippen LogP contribution is 2.50. The Balaban J connectivity index is 1.17. The van der Waals surface area contributed by atoms with Crippen LogP contribution in [0.1, 0.15) is 55.7 Å². The summed E-state index contributed by atoms with van der Waals surface area (Å²) in [6.07, 6.45) is -2.39. The quantitative estimate of drug-likeness (QED) is 0.0643. The van der Waals surface area contributed by atoms with Gasteiger partial charge in [0.2, 0.25) is 0 Å². The Kier molecular flexibility index (Phi) is 12.4. The van der Waals surface area contributed by atoms with Crippen molar-refractivity contribution in [2.75, 3.05) is 26.9 Å². The maximum Gasteiger partial charge on any atom is 0.508 e. The van der Waals surface area contributed by atoms with Crippen LogP contribution < -0.4 is 16.0 Å². The van der Waals surface area contributed by atoms with Gasteiger partial charge in [0.1, 0.15) is 35.5 Å². The summed E-state index contributed by atoms with van der Waals surface area (Å²) in [4.78, 5) is 40.5. The highest BCUT2D eigenvalue weighted by atomic mass is 32.2. The highest BCUT2D eigenvalue weighted by molar-refractivity contribution is 7.96. The number of benzene rings is 3. The minimum atomic E-state index is -2.31. The second-order valence-corrected chi connectivity index (χ2v) is 21.1. The second-order valence-electron chi connectivity index (χ2n) is 15.4. The molecular formula is C41H50N2O10SSi. The summed E-state index contributed by atoms with van der Waals surface area (Å²) in [7, 11) is -0.677. The molecule has 5 atom stereocenters. The fraction of sp³-hybridized carbons (Fsp3) is 0.439. The molecule has 0 saturated carbocycles. The predicted molar refractivity (Wildman–Crippen MR) is 212 cm³/mol. The predicted octanol–water partition coefficient (Wildman–Crippen LogP) is 7.11. The molecule has 2 aliphatic rings. The molecular weight excluding hydrogens is 741 g/mol. The number of methoxy groups -OCH3 is 1. The molecule has 3 aromatic carbocycles. The molecule has 2 fully saturated rings. The highest BCUT2D eigenvalue weighted by Gasteiger charge is 2.46. The number of H-pyrrole nitrogens is 1. The van der Waals surface area contributed by atoms with Crippen molar-refractivity contribution in [3.63, 3.8) is 0 Å². The lowest BCUT2D eigenvalue weighted by molar-refractivity contribution is -0.0653. The molecule has 14 heteroatoms. The molecule has 4 aromatic rings. The van der Waals surface area contributed by atoms with E-state index in [9.17, 15) is 14.4 Å². The second kappa shape index (κ2) is 16.9. The summed E-state index contributed by atoms with van der Waals surface area (Å²) in [6.45, 7) is 12.4. The number of nitrogens with zero attached hydrogens (tertiary/aromatic N) is 1. The lowest BCUT2D eigenvalue weighted by Crippen LogP contribution is -2.46. The molecule has 2 saturated heterocycles. The lowest BCUT2D eigenvalue weighted by Gasteiger charge is -2.39. The third kappa shape index (κ3) is 8.95. The van der Waals surface area contributed by atoms with Crippen molar-refractivity contribution >= 4 is 26.5 Å². The Morgan fingerprint density at radius 3 is 2.09 bits per heavy atom. The number of hydrogen-bond donors (Lipinski definition) is 1. The summed E-state index contributed by atoms with van der Waals surface area (Å²) in [5, 5.41) is -0.109. The van der Waals surface area contributed by atoms with Gasteiger partial charge < -0.3 is 32.3 Å². The Labute approximate surface area is 326 Å². The summed E-state index contributed by atoms with van der Waals surface area (Å²) < 4.78 is 42.9. The molecule has 0 aliphatic carbocycles. The van der Waals surface area contributed by atoms with Gasteiger partial charge in [-0.3, -0.25) is 14.3 Å². The van der Waals surface area contributed by atoms with E-state index in [4.69, 9.17) is 32.3 Å². The molecule has 6 rings (SSSR count). The fourth-order valence-corrected chi connectivity index (χ4v) is 8.98. The number of hydrogen-bond acceptors (Lipinski definition) is 11. The largest absolute Gasteiger partial charge is 0.508 e. The van der Waals surface area contributed by atoms with Crippen molar-refractivity contribution < 1.29 is 37.1 Å². The van der Waals surface area contributed by atoms with Crippen LogP contribution in [0.2, 0.25) is 18.1 Å². The third-order valence-electron chi connectivity index (χ3n) is 10.6. The van der Waals surface area contributed by atoms with E-state index in [0.29, 0.717) is 12.0 Å². The van der Waals surface area contributed by atoms with E-state index in [-0.39, 0.29) is 24.9 Å². The van der Waals surface area contributed by atoms with E-state index >= 15 is 0 Å². The molecule has 0 radical (unpaired) electrons. The maximum absolute atomic E-state index is 13.3. The molecule has 1 N–H and O–H groups in total. The molecule has 0 unspecified atom stereocenters. The SMILES string of the molecule is COc1ccc(C(SO[C@H]2COC[C@H]2OC(=O)OC[C@H]2O[C@@H](n3cc(C)c(=O)[nH]c3=O)C[C@@H]2O[Si](C)(C)C(C)(C)C)(c2ccccc2)c2ccccc2)cc1. The smallest absolute Gasteiger partial charge is 0.497 e. The first-order valence-corrected chi connectivity index (χ1v) is 22.0. The van der Waals surface area contributed by atoms with E-state index in [1.807, 2.05) is 60.7 Å². The van der Waals surface area contributed by atoms with Crippen molar-refractivity contribution in [2.24, 2.45) is 0 Å². The van der Waals surface area contributed by atoms with Crippen LogP contribution in [0.5, 0.6) is 5.75 Å². The van der Waals surface area contributed by atoms with Crippen LogP contribution in [-0.2, 0) is 32.3 Å². The van der Waals surface area contributed by atoms with Gasteiger partial charge in [-0.2, -0.15) is 0 Å².